The van der Waals surface area contributed by atoms with Crippen LogP contribution in [0.4, 0.5) is 0 Å². The second-order valence-electron chi connectivity index (χ2n) is 7.73. The Bertz CT molecular complexity index is 1060. The van der Waals surface area contributed by atoms with E-state index in [0.29, 0.717) is 23.3 Å². The Labute approximate surface area is 177 Å². The van der Waals surface area contributed by atoms with Crippen molar-refractivity contribution in [1.82, 2.24) is 0 Å². The lowest BCUT2D eigenvalue weighted by Crippen LogP contribution is -2.25. The third kappa shape index (κ3) is 3.90. The lowest BCUT2D eigenvalue weighted by molar-refractivity contribution is -0.0623. The summed E-state index contributed by atoms with van der Waals surface area (Å²) in [6.07, 6.45) is 2.90. The first-order valence-corrected chi connectivity index (χ1v) is 10.5. The minimum absolute atomic E-state index is 0.118. The molecule has 1 aliphatic rings. The second kappa shape index (κ2) is 8.62. The number of carbonyl (C=O) groups is 1. The summed E-state index contributed by atoms with van der Waals surface area (Å²) < 4.78 is 11.9. The minimum Gasteiger partial charge on any atom is -0.507 e. The quantitative estimate of drug-likeness (QED) is 0.386. The molecule has 4 rings (SSSR count). The first-order valence-electron chi connectivity index (χ1n) is 10.5. The van der Waals surface area contributed by atoms with Crippen LogP contribution >= 0.6 is 0 Å². The average molecular weight is 402 g/mol. The maximum atomic E-state index is 13.1. The SMILES string of the molecule is CCCCCc1cc(O)c(-c2cccc(C)c2)c2c1C(=O)OC(c1ccccc1)O2. The molecule has 30 heavy (non-hydrogen) atoms. The van der Waals surface area contributed by atoms with Gasteiger partial charge in [0, 0.05) is 5.56 Å². The molecule has 0 saturated heterocycles. The number of unbranched alkanes of at least 4 members (excludes halogenated alkanes) is 2. The third-order valence-electron chi connectivity index (χ3n) is 5.41. The standard InChI is InChI=1S/C26H26O4/c1-3-4-6-13-20-16-21(27)22(19-14-9-10-17(2)15-19)24-23(20)25(28)30-26(29-24)18-11-7-5-8-12-18/h5,7-12,14-16,26-27H,3-4,6,13H2,1-2H3. The molecule has 1 unspecified atom stereocenters. The summed E-state index contributed by atoms with van der Waals surface area (Å²) >= 11 is 0. The Balaban J connectivity index is 1.86. The van der Waals surface area contributed by atoms with Crippen LogP contribution in [-0.4, -0.2) is 11.1 Å². The van der Waals surface area contributed by atoms with Crippen LogP contribution in [0.2, 0.25) is 0 Å². The van der Waals surface area contributed by atoms with Crippen molar-refractivity contribution in [2.24, 2.45) is 0 Å². The normalized spacial score (nSPS) is 15.3. The first-order chi connectivity index (χ1) is 14.6. The first kappa shape index (κ1) is 20.0. The highest BCUT2D eigenvalue weighted by Gasteiger charge is 2.35. The topological polar surface area (TPSA) is 55.8 Å². The predicted octanol–water partition coefficient (Wildman–Crippen LogP) is 6.35. The molecule has 1 aliphatic heterocycles. The maximum Gasteiger partial charge on any atom is 0.345 e. The molecule has 1 heterocycles. The van der Waals surface area contributed by atoms with Gasteiger partial charge >= 0.3 is 5.97 Å². The second-order valence-corrected chi connectivity index (χ2v) is 7.73. The number of phenols is 1. The molecule has 0 fully saturated rings. The molecule has 3 aromatic carbocycles. The van der Waals surface area contributed by atoms with Gasteiger partial charge in [0.1, 0.15) is 11.3 Å². The fourth-order valence-corrected chi connectivity index (χ4v) is 3.91. The molecule has 4 heteroatoms. The third-order valence-corrected chi connectivity index (χ3v) is 5.41. The Kier molecular flexibility index (Phi) is 5.75. The van der Waals surface area contributed by atoms with Gasteiger partial charge in [0.05, 0.1) is 5.56 Å². The monoisotopic (exact) mass is 402 g/mol. The Morgan fingerprint density at radius 2 is 1.73 bits per heavy atom. The molecule has 154 valence electrons. The summed E-state index contributed by atoms with van der Waals surface area (Å²) in [7, 11) is 0. The van der Waals surface area contributed by atoms with Crippen LogP contribution in [0, 0.1) is 6.92 Å². The van der Waals surface area contributed by atoms with E-state index in [2.05, 4.69) is 6.92 Å². The van der Waals surface area contributed by atoms with Crippen molar-refractivity contribution in [2.75, 3.05) is 0 Å². The highest BCUT2D eigenvalue weighted by Crippen LogP contribution is 2.47. The summed E-state index contributed by atoms with van der Waals surface area (Å²) in [5.74, 6) is 0.107. The van der Waals surface area contributed by atoms with Gasteiger partial charge in [-0.15, -0.1) is 0 Å². The van der Waals surface area contributed by atoms with E-state index in [9.17, 15) is 9.90 Å². The van der Waals surface area contributed by atoms with Gasteiger partial charge < -0.3 is 14.6 Å². The van der Waals surface area contributed by atoms with E-state index < -0.39 is 12.3 Å². The number of aromatic hydroxyl groups is 1. The zero-order chi connectivity index (χ0) is 21.1. The van der Waals surface area contributed by atoms with E-state index in [0.717, 1.165) is 41.5 Å². The molecule has 1 atom stereocenters. The molecule has 0 bridgehead atoms. The van der Waals surface area contributed by atoms with Crippen molar-refractivity contribution >= 4 is 5.97 Å². The molecular weight excluding hydrogens is 376 g/mol. The molecule has 0 spiro atoms. The summed E-state index contributed by atoms with van der Waals surface area (Å²) in [5.41, 5.74) is 4.35. The largest absolute Gasteiger partial charge is 0.507 e. The molecule has 0 saturated carbocycles. The smallest absolute Gasteiger partial charge is 0.345 e. The number of rotatable bonds is 6. The van der Waals surface area contributed by atoms with Crippen molar-refractivity contribution in [1.29, 1.82) is 0 Å². The Morgan fingerprint density at radius 3 is 2.47 bits per heavy atom. The highest BCUT2D eigenvalue weighted by atomic mass is 16.7. The van der Waals surface area contributed by atoms with Gasteiger partial charge in [-0.05, 0) is 37.0 Å². The maximum absolute atomic E-state index is 13.1. The lowest BCUT2D eigenvalue weighted by Gasteiger charge is -2.29. The zero-order valence-electron chi connectivity index (χ0n) is 17.4. The number of hydrogen-bond donors (Lipinski definition) is 1. The fourth-order valence-electron chi connectivity index (χ4n) is 3.91. The van der Waals surface area contributed by atoms with Crippen molar-refractivity contribution in [2.45, 2.75) is 45.8 Å². The van der Waals surface area contributed by atoms with Gasteiger partial charge in [0.25, 0.3) is 6.29 Å². The van der Waals surface area contributed by atoms with Crippen LogP contribution in [0.5, 0.6) is 11.5 Å². The van der Waals surface area contributed by atoms with Crippen LogP contribution in [0.15, 0.2) is 60.7 Å². The van der Waals surface area contributed by atoms with Gasteiger partial charge in [0.2, 0.25) is 0 Å². The molecule has 4 nitrogen and oxygen atoms in total. The molecular formula is C26H26O4. The average Bonchev–Trinajstić information content (AvgIpc) is 2.74. The van der Waals surface area contributed by atoms with Crippen LogP contribution in [-0.2, 0) is 11.2 Å². The zero-order valence-corrected chi connectivity index (χ0v) is 17.4. The van der Waals surface area contributed by atoms with E-state index in [1.165, 1.54) is 0 Å². The van der Waals surface area contributed by atoms with E-state index in [4.69, 9.17) is 9.47 Å². The number of ether oxygens (including phenoxy) is 2. The van der Waals surface area contributed by atoms with E-state index >= 15 is 0 Å². The van der Waals surface area contributed by atoms with Crippen LogP contribution < -0.4 is 4.74 Å². The van der Waals surface area contributed by atoms with E-state index in [1.54, 1.807) is 6.07 Å². The highest BCUT2D eigenvalue weighted by molar-refractivity contribution is 5.99. The fraction of sp³-hybridized carbons (Fsp3) is 0.269. The lowest BCUT2D eigenvalue weighted by atomic mass is 9.92. The molecule has 1 N–H and O–H groups in total. The molecule has 0 amide bonds. The molecule has 0 aromatic heterocycles. The summed E-state index contributed by atoms with van der Waals surface area (Å²) in [6, 6.07) is 18.9. The minimum atomic E-state index is -0.847. The van der Waals surface area contributed by atoms with Crippen molar-refractivity contribution < 1.29 is 19.4 Å². The Hall–Kier alpha value is -3.27. The number of benzene rings is 3. The van der Waals surface area contributed by atoms with Crippen molar-refractivity contribution in [3.8, 4) is 22.6 Å². The number of phenolic OH excluding ortho intramolecular Hbond substituents is 1. The molecule has 0 aliphatic carbocycles. The number of carbonyl (C=O) groups excluding carboxylic acids is 1. The molecule has 3 aromatic rings. The predicted molar refractivity (Wildman–Crippen MR) is 117 cm³/mol. The van der Waals surface area contributed by atoms with Gasteiger partial charge in [-0.3, -0.25) is 0 Å². The van der Waals surface area contributed by atoms with Crippen molar-refractivity contribution in [3.05, 3.63) is 82.9 Å². The van der Waals surface area contributed by atoms with Crippen LogP contribution in [0.3, 0.4) is 0 Å². The number of hydrogen-bond acceptors (Lipinski definition) is 4. The van der Waals surface area contributed by atoms with Gasteiger partial charge in [-0.1, -0.05) is 79.9 Å². The van der Waals surface area contributed by atoms with Gasteiger partial charge in [-0.2, -0.15) is 0 Å². The van der Waals surface area contributed by atoms with Gasteiger partial charge in [0.15, 0.2) is 5.75 Å². The van der Waals surface area contributed by atoms with Crippen LogP contribution in [0.25, 0.3) is 11.1 Å². The summed E-state index contributed by atoms with van der Waals surface area (Å²) in [6.45, 7) is 4.13. The van der Waals surface area contributed by atoms with E-state index in [-0.39, 0.29) is 5.75 Å². The summed E-state index contributed by atoms with van der Waals surface area (Å²) in [5, 5.41) is 11.0. The summed E-state index contributed by atoms with van der Waals surface area (Å²) in [4.78, 5) is 13.1. The number of fused-ring (bicyclic) bond motifs is 1. The van der Waals surface area contributed by atoms with E-state index in [1.807, 2.05) is 61.5 Å². The van der Waals surface area contributed by atoms with Crippen LogP contribution in [0.1, 0.15) is 59.5 Å². The van der Waals surface area contributed by atoms with Crippen molar-refractivity contribution in [3.63, 3.8) is 0 Å². The number of esters is 1. The Morgan fingerprint density at radius 1 is 0.933 bits per heavy atom. The van der Waals surface area contributed by atoms with Gasteiger partial charge in [-0.25, -0.2) is 4.79 Å². The number of aryl methyl sites for hydroxylation is 2. The number of cyclic esters (lactones) is 1. The molecule has 0 radical (unpaired) electrons.